The summed E-state index contributed by atoms with van der Waals surface area (Å²) in [4.78, 5) is 3.81. The van der Waals surface area contributed by atoms with Gasteiger partial charge in [-0.15, -0.1) is 0 Å². The Hall–Kier alpha value is 0.543. The Labute approximate surface area is 79.7 Å². The first kappa shape index (κ1) is 9.54. The largest absolute Gasteiger partial charge is 0.263 e. The molecule has 0 aliphatic heterocycles. The second-order valence-corrected chi connectivity index (χ2v) is 2.55. The number of pyridine rings is 1. The van der Waals surface area contributed by atoms with E-state index < -0.39 is 0 Å². The van der Waals surface area contributed by atoms with Gasteiger partial charge in [0.15, 0.2) is 0 Å². The second kappa shape index (κ2) is 4.37. The maximum atomic E-state index is 5.62. The molecule has 44 valence electrons. The second-order valence-electron chi connectivity index (χ2n) is 1.29. The van der Waals surface area contributed by atoms with Crippen molar-refractivity contribution < 1.29 is 19.5 Å². The fraction of sp³-hybridized carbons (Fsp3) is 0. The molecule has 1 nitrogen and oxygen atoms in total. The molecule has 0 fully saturated rings. The number of hydrogen-bond donors (Lipinski definition) is 0. The van der Waals surface area contributed by atoms with Crippen molar-refractivity contribution in [3.05, 3.63) is 28.0 Å². The number of nitrogens with zero attached hydrogens (tertiary/aromatic N) is 1. The van der Waals surface area contributed by atoms with Crippen LogP contribution in [0.15, 0.2) is 22.9 Å². The maximum absolute atomic E-state index is 5.62. The van der Waals surface area contributed by atoms with E-state index in [1.165, 1.54) is 0 Å². The summed E-state index contributed by atoms with van der Waals surface area (Å²) in [6, 6.07) is 1.73. The molecule has 4 heteroatoms. The van der Waals surface area contributed by atoms with Crippen LogP contribution in [0, 0.1) is 0 Å². The van der Waals surface area contributed by atoms with E-state index >= 15 is 0 Å². The molecule has 0 radical (unpaired) electrons. The molecule has 1 aromatic rings. The van der Waals surface area contributed by atoms with Crippen LogP contribution in [0.3, 0.4) is 0 Å². The Morgan fingerprint density at radius 1 is 1.56 bits per heavy atom. The van der Waals surface area contributed by atoms with Gasteiger partial charge >= 0.3 is 0 Å². The predicted molar refractivity (Wildman–Crippen MR) is 36.9 cm³/mol. The topological polar surface area (TPSA) is 12.9 Å². The first-order valence-corrected chi connectivity index (χ1v) is 3.23. The number of aromatic nitrogens is 1. The fourth-order valence-corrected chi connectivity index (χ4v) is 0.714. The zero-order chi connectivity index (χ0) is 5.98. The average Bonchev–Trinajstić information content (AvgIpc) is 1.77. The van der Waals surface area contributed by atoms with E-state index in [2.05, 4.69) is 20.9 Å². The van der Waals surface area contributed by atoms with E-state index in [4.69, 9.17) is 11.6 Å². The van der Waals surface area contributed by atoms with Crippen LogP contribution in [0.1, 0.15) is 0 Å². The monoisotopic (exact) mass is 255 g/mol. The molecule has 1 rings (SSSR count). The van der Waals surface area contributed by atoms with Gasteiger partial charge in [0, 0.05) is 31.9 Å². The van der Waals surface area contributed by atoms with E-state index in [9.17, 15) is 0 Å². The Bertz CT molecular complexity index is 173. The quantitative estimate of drug-likeness (QED) is 0.651. The third kappa shape index (κ3) is 2.75. The summed E-state index contributed by atoms with van der Waals surface area (Å²) in [5.41, 5.74) is 0. The molecule has 0 unspecified atom stereocenters. The van der Waals surface area contributed by atoms with Gasteiger partial charge in [-0.05, 0) is 22.0 Å². The Morgan fingerprint density at radius 2 is 2.22 bits per heavy atom. The molecular formula is C5H3BrClNZn. The van der Waals surface area contributed by atoms with E-state index in [0.717, 1.165) is 4.47 Å². The molecule has 1 heterocycles. The minimum Gasteiger partial charge on any atom is -0.263 e. The van der Waals surface area contributed by atoms with Crippen LogP contribution in [0.25, 0.3) is 0 Å². The van der Waals surface area contributed by atoms with Crippen molar-refractivity contribution in [2.24, 2.45) is 0 Å². The third-order valence-electron chi connectivity index (χ3n) is 0.723. The van der Waals surface area contributed by atoms with Gasteiger partial charge in [0.2, 0.25) is 0 Å². The molecule has 0 spiro atoms. The van der Waals surface area contributed by atoms with Crippen LogP contribution in [-0.2, 0) is 19.5 Å². The fourth-order valence-electron chi connectivity index (χ4n) is 0.358. The van der Waals surface area contributed by atoms with Crippen molar-refractivity contribution in [1.29, 1.82) is 0 Å². The van der Waals surface area contributed by atoms with Gasteiger partial charge in [0.25, 0.3) is 0 Å². The first-order chi connectivity index (χ1) is 3.80. The summed E-state index contributed by atoms with van der Waals surface area (Å²) in [5, 5.41) is 0.694. The van der Waals surface area contributed by atoms with Crippen molar-refractivity contribution in [3.63, 3.8) is 0 Å². The number of rotatable bonds is 0. The van der Waals surface area contributed by atoms with Gasteiger partial charge in [0.05, 0.1) is 9.50 Å². The standard InChI is InChI=1S/C5H3BrClN.Zn/c6-4-3-8-2-1-5(4)7;/h1-3H;. The van der Waals surface area contributed by atoms with Crippen LogP contribution in [0.5, 0.6) is 0 Å². The molecule has 0 saturated carbocycles. The Kier molecular flexibility index (Phi) is 4.64. The van der Waals surface area contributed by atoms with Crippen molar-refractivity contribution in [2.75, 3.05) is 0 Å². The normalized spacial score (nSPS) is 8.22. The maximum Gasteiger partial charge on any atom is 0.0579 e. The summed E-state index contributed by atoms with van der Waals surface area (Å²) < 4.78 is 0.835. The number of halogens is 2. The summed E-state index contributed by atoms with van der Waals surface area (Å²) in [6.45, 7) is 0. The van der Waals surface area contributed by atoms with Gasteiger partial charge in [-0.1, -0.05) is 11.6 Å². The molecular weight excluding hydrogens is 255 g/mol. The minimum atomic E-state index is 0. The summed E-state index contributed by atoms with van der Waals surface area (Å²) in [7, 11) is 0. The molecule has 0 bridgehead atoms. The van der Waals surface area contributed by atoms with Crippen LogP contribution in [0.4, 0.5) is 0 Å². The third-order valence-corrected chi connectivity index (χ3v) is 1.91. The van der Waals surface area contributed by atoms with Gasteiger partial charge in [0.1, 0.15) is 0 Å². The zero-order valence-corrected chi connectivity index (χ0v) is 9.95. The average molecular weight is 258 g/mol. The Balaban J connectivity index is 0.000000640. The molecule has 0 N–H and O–H groups in total. The summed E-state index contributed by atoms with van der Waals surface area (Å²) in [5.74, 6) is 0. The van der Waals surface area contributed by atoms with Crippen molar-refractivity contribution in [3.8, 4) is 0 Å². The van der Waals surface area contributed by atoms with E-state index in [1.807, 2.05) is 0 Å². The zero-order valence-electron chi connectivity index (χ0n) is 4.64. The molecule has 0 saturated heterocycles. The molecule has 0 amide bonds. The predicted octanol–water partition coefficient (Wildman–Crippen LogP) is 2.50. The van der Waals surface area contributed by atoms with Crippen molar-refractivity contribution >= 4 is 27.5 Å². The van der Waals surface area contributed by atoms with Gasteiger partial charge < -0.3 is 0 Å². The molecule has 9 heavy (non-hydrogen) atoms. The van der Waals surface area contributed by atoms with Gasteiger partial charge in [-0.25, -0.2) is 0 Å². The van der Waals surface area contributed by atoms with Crippen LogP contribution in [-0.4, -0.2) is 4.98 Å². The smallest absolute Gasteiger partial charge is 0.0579 e. The van der Waals surface area contributed by atoms with Crippen molar-refractivity contribution in [1.82, 2.24) is 4.98 Å². The molecule has 0 aliphatic carbocycles. The number of hydrogen-bond acceptors (Lipinski definition) is 1. The molecule has 1 aromatic heterocycles. The summed E-state index contributed by atoms with van der Waals surface area (Å²) >= 11 is 8.82. The molecule has 0 aliphatic rings. The Morgan fingerprint density at radius 3 is 2.56 bits per heavy atom. The minimum absolute atomic E-state index is 0. The first-order valence-electron chi connectivity index (χ1n) is 2.06. The van der Waals surface area contributed by atoms with Crippen LogP contribution < -0.4 is 0 Å². The summed E-state index contributed by atoms with van der Waals surface area (Å²) in [6.07, 6.45) is 3.30. The van der Waals surface area contributed by atoms with Crippen LogP contribution >= 0.6 is 27.5 Å². The van der Waals surface area contributed by atoms with Crippen molar-refractivity contribution in [2.45, 2.75) is 0 Å². The SMILES string of the molecule is Clc1ccncc1Br.[Zn]. The van der Waals surface area contributed by atoms with Gasteiger partial charge in [-0.2, -0.15) is 0 Å². The van der Waals surface area contributed by atoms with Crippen LogP contribution in [0.2, 0.25) is 5.02 Å². The van der Waals surface area contributed by atoms with E-state index in [-0.39, 0.29) is 19.5 Å². The van der Waals surface area contributed by atoms with E-state index in [0.29, 0.717) is 5.02 Å². The molecule has 0 aromatic carbocycles. The van der Waals surface area contributed by atoms with E-state index in [1.54, 1.807) is 18.5 Å². The molecule has 0 atom stereocenters. The van der Waals surface area contributed by atoms with Gasteiger partial charge in [-0.3, -0.25) is 4.98 Å².